The van der Waals surface area contributed by atoms with Crippen molar-refractivity contribution < 1.29 is 14.3 Å². The van der Waals surface area contributed by atoms with Crippen LogP contribution in [0.2, 0.25) is 10.0 Å². The zero-order valence-corrected chi connectivity index (χ0v) is 18.1. The normalized spacial score (nSPS) is 12.0. The first-order chi connectivity index (χ1) is 13.4. The number of rotatable bonds is 6. The highest BCUT2D eigenvalue weighted by Gasteiger charge is 2.11. The summed E-state index contributed by atoms with van der Waals surface area (Å²) in [6.07, 6.45) is 0. The molecule has 0 fully saturated rings. The molecule has 0 aliphatic carbocycles. The van der Waals surface area contributed by atoms with Gasteiger partial charge in [0.1, 0.15) is 5.75 Å². The van der Waals surface area contributed by atoms with Crippen LogP contribution < -0.4 is 9.54 Å². The highest BCUT2D eigenvalue weighted by atomic mass is 35.5. The molecule has 5 nitrogen and oxygen atoms in total. The van der Waals surface area contributed by atoms with Crippen LogP contribution in [0.15, 0.2) is 35.3 Å². The van der Waals surface area contributed by atoms with E-state index < -0.39 is 5.91 Å². The molecule has 3 rings (SSSR count). The molecule has 0 bridgehead atoms. The number of fused-ring (bicyclic) bond motifs is 1. The van der Waals surface area contributed by atoms with E-state index in [1.165, 1.54) is 11.3 Å². The lowest BCUT2D eigenvalue weighted by molar-refractivity contribution is -0.120. The molecule has 0 unspecified atom stereocenters. The third-order valence-corrected chi connectivity index (χ3v) is 5.86. The molecule has 148 valence electrons. The number of carbonyl (C=O) groups excluding carboxylic acids is 1. The lowest BCUT2D eigenvalue weighted by Crippen LogP contribution is -2.21. The Bertz CT molecular complexity index is 1090. The van der Waals surface area contributed by atoms with Crippen LogP contribution in [0.5, 0.6) is 5.75 Å². The van der Waals surface area contributed by atoms with E-state index in [1.807, 2.05) is 4.57 Å². The molecule has 0 aliphatic rings. The molecule has 0 spiro atoms. The average Bonchev–Trinajstić information content (AvgIpc) is 2.96. The van der Waals surface area contributed by atoms with E-state index in [2.05, 4.69) is 31.0 Å². The third-order valence-electron chi connectivity index (χ3n) is 4.10. The van der Waals surface area contributed by atoms with Crippen molar-refractivity contribution in [3.05, 3.63) is 56.3 Å². The van der Waals surface area contributed by atoms with Gasteiger partial charge in [-0.3, -0.25) is 4.79 Å². The predicted molar refractivity (Wildman–Crippen MR) is 114 cm³/mol. The van der Waals surface area contributed by atoms with Crippen molar-refractivity contribution in [3.63, 3.8) is 0 Å². The van der Waals surface area contributed by atoms with Crippen molar-refractivity contribution in [2.24, 2.45) is 4.99 Å². The number of halogens is 2. The molecular weight excluding hydrogens is 419 g/mol. The molecule has 8 heteroatoms. The Labute approximate surface area is 177 Å². The van der Waals surface area contributed by atoms with Crippen molar-refractivity contribution in [1.29, 1.82) is 0 Å². The SMILES string of the molecule is COCCn1c(=NC(=O)COc2ccc(Cl)cc2Cl)sc2c(C)cc(C)cc21. The quantitative estimate of drug-likeness (QED) is 0.556. The van der Waals surface area contributed by atoms with Gasteiger partial charge in [0.2, 0.25) is 0 Å². The standard InChI is InChI=1S/C20H20Cl2N2O3S/c1-12-8-13(2)19-16(9-12)24(6-7-26-3)20(28-19)23-18(25)11-27-17-5-4-14(21)10-15(17)22/h4-5,8-10H,6-7,11H2,1-3H3. The Hall–Kier alpha value is -1.86. The molecule has 0 N–H and O–H groups in total. The van der Waals surface area contributed by atoms with E-state index >= 15 is 0 Å². The predicted octanol–water partition coefficient (Wildman–Crippen LogP) is 4.78. The van der Waals surface area contributed by atoms with Crippen LogP contribution in [0.3, 0.4) is 0 Å². The van der Waals surface area contributed by atoms with Gasteiger partial charge in [0.15, 0.2) is 11.4 Å². The number of benzene rings is 2. The fraction of sp³-hybridized carbons (Fsp3) is 0.300. The largest absolute Gasteiger partial charge is 0.482 e. The van der Waals surface area contributed by atoms with E-state index in [9.17, 15) is 4.79 Å². The van der Waals surface area contributed by atoms with Gasteiger partial charge in [-0.25, -0.2) is 0 Å². The first-order valence-corrected chi connectivity index (χ1v) is 10.2. The second-order valence-electron chi connectivity index (χ2n) is 6.33. The Kier molecular flexibility index (Phi) is 6.78. The zero-order valence-electron chi connectivity index (χ0n) is 15.8. The summed E-state index contributed by atoms with van der Waals surface area (Å²) in [5, 5.41) is 0.854. The van der Waals surface area contributed by atoms with E-state index in [0.29, 0.717) is 33.7 Å². The van der Waals surface area contributed by atoms with Crippen molar-refractivity contribution >= 4 is 50.7 Å². The smallest absolute Gasteiger partial charge is 0.286 e. The van der Waals surface area contributed by atoms with E-state index in [4.69, 9.17) is 32.7 Å². The molecule has 1 amide bonds. The van der Waals surface area contributed by atoms with Crippen LogP contribution in [0.1, 0.15) is 11.1 Å². The summed E-state index contributed by atoms with van der Waals surface area (Å²) in [7, 11) is 1.65. The number of methoxy groups -OCH3 is 1. The van der Waals surface area contributed by atoms with Crippen LogP contribution >= 0.6 is 34.5 Å². The maximum atomic E-state index is 12.4. The fourth-order valence-electron chi connectivity index (χ4n) is 2.87. The molecule has 28 heavy (non-hydrogen) atoms. The van der Waals surface area contributed by atoms with Crippen molar-refractivity contribution in [3.8, 4) is 5.75 Å². The van der Waals surface area contributed by atoms with Gasteiger partial charge in [0.25, 0.3) is 5.91 Å². The monoisotopic (exact) mass is 438 g/mol. The van der Waals surface area contributed by atoms with Gasteiger partial charge in [-0.2, -0.15) is 4.99 Å². The molecule has 0 saturated heterocycles. The summed E-state index contributed by atoms with van der Waals surface area (Å²) >= 11 is 13.4. The molecular formula is C20H20Cl2N2O3S. The summed E-state index contributed by atoms with van der Waals surface area (Å²) in [5.41, 5.74) is 3.37. The van der Waals surface area contributed by atoms with Gasteiger partial charge < -0.3 is 14.0 Å². The highest BCUT2D eigenvalue weighted by Crippen LogP contribution is 2.27. The topological polar surface area (TPSA) is 52.8 Å². The molecule has 0 saturated carbocycles. The maximum Gasteiger partial charge on any atom is 0.286 e. The molecule has 0 aliphatic heterocycles. The van der Waals surface area contributed by atoms with Crippen LogP contribution in [-0.4, -0.2) is 30.8 Å². The van der Waals surface area contributed by atoms with Gasteiger partial charge in [0, 0.05) is 18.7 Å². The summed E-state index contributed by atoms with van der Waals surface area (Å²) in [5.74, 6) is 0.00259. The van der Waals surface area contributed by atoms with Crippen LogP contribution in [0.25, 0.3) is 10.2 Å². The van der Waals surface area contributed by atoms with Gasteiger partial charge in [-0.05, 0) is 49.2 Å². The van der Waals surface area contributed by atoms with Gasteiger partial charge in [0.05, 0.1) is 21.8 Å². The second-order valence-corrected chi connectivity index (χ2v) is 8.15. The Morgan fingerprint density at radius 3 is 2.71 bits per heavy atom. The summed E-state index contributed by atoms with van der Waals surface area (Å²) in [4.78, 5) is 17.3. The number of thiazole rings is 1. The van der Waals surface area contributed by atoms with E-state index in [1.54, 1.807) is 25.3 Å². The number of ether oxygens (including phenoxy) is 2. The number of hydrogen-bond acceptors (Lipinski definition) is 4. The first kappa shape index (κ1) is 20.9. The van der Waals surface area contributed by atoms with Crippen LogP contribution in [0, 0.1) is 13.8 Å². The molecule has 1 heterocycles. The van der Waals surface area contributed by atoms with Crippen molar-refractivity contribution in [1.82, 2.24) is 4.57 Å². The number of carbonyl (C=O) groups is 1. The number of aromatic nitrogens is 1. The first-order valence-electron chi connectivity index (χ1n) is 8.64. The van der Waals surface area contributed by atoms with E-state index in [-0.39, 0.29) is 6.61 Å². The molecule has 1 aromatic heterocycles. The van der Waals surface area contributed by atoms with Crippen LogP contribution in [0.4, 0.5) is 0 Å². The number of nitrogens with zero attached hydrogens (tertiary/aromatic N) is 2. The summed E-state index contributed by atoms with van der Waals surface area (Å²) < 4.78 is 13.8. The minimum atomic E-state index is -0.391. The van der Waals surface area contributed by atoms with Crippen LogP contribution in [-0.2, 0) is 16.1 Å². The Morgan fingerprint density at radius 2 is 2.00 bits per heavy atom. The zero-order chi connectivity index (χ0) is 20.3. The number of aryl methyl sites for hydroxylation is 2. The lowest BCUT2D eigenvalue weighted by atomic mass is 10.1. The number of amides is 1. The Balaban J connectivity index is 1.91. The average molecular weight is 439 g/mol. The van der Waals surface area contributed by atoms with Crippen molar-refractivity contribution in [2.75, 3.05) is 20.3 Å². The van der Waals surface area contributed by atoms with Gasteiger partial charge in [-0.1, -0.05) is 40.6 Å². The molecule has 0 radical (unpaired) electrons. The molecule has 2 aromatic carbocycles. The minimum absolute atomic E-state index is 0.210. The van der Waals surface area contributed by atoms with Crippen molar-refractivity contribution in [2.45, 2.75) is 20.4 Å². The van der Waals surface area contributed by atoms with E-state index in [0.717, 1.165) is 21.3 Å². The van der Waals surface area contributed by atoms with Gasteiger partial charge >= 0.3 is 0 Å². The highest BCUT2D eigenvalue weighted by molar-refractivity contribution is 7.16. The summed E-state index contributed by atoms with van der Waals surface area (Å²) in [6.45, 7) is 5.03. The minimum Gasteiger partial charge on any atom is -0.482 e. The fourth-order valence-corrected chi connectivity index (χ4v) is 4.45. The molecule has 3 aromatic rings. The third kappa shape index (κ3) is 4.75. The maximum absolute atomic E-state index is 12.4. The second kappa shape index (κ2) is 9.09. The van der Waals surface area contributed by atoms with Gasteiger partial charge in [-0.15, -0.1) is 0 Å². The molecule has 0 atom stereocenters. The summed E-state index contributed by atoms with van der Waals surface area (Å²) in [6, 6.07) is 9.07. The lowest BCUT2D eigenvalue weighted by Gasteiger charge is -2.07. The Morgan fingerprint density at radius 1 is 1.21 bits per heavy atom. The number of hydrogen-bond donors (Lipinski definition) is 0.